The fourth-order valence-electron chi connectivity index (χ4n) is 3.96. The summed E-state index contributed by atoms with van der Waals surface area (Å²) in [6.45, 7) is 3.40. The molecule has 3 aromatic heterocycles. The van der Waals surface area contributed by atoms with Gasteiger partial charge in [0, 0.05) is 42.6 Å². The van der Waals surface area contributed by atoms with Crippen LogP contribution in [0.1, 0.15) is 37.1 Å². The van der Waals surface area contributed by atoms with Crippen molar-refractivity contribution in [1.29, 1.82) is 0 Å². The van der Waals surface area contributed by atoms with Gasteiger partial charge in [0.15, 0.2) is 5.82 Å². The summed E-state index contributed by atoms with van der Waals surface area (Å²) in [7, 11) is 0. The molecular formula is C22H29N7O2. The molecule has 9 heteroatoms. The van der Waals surface area contributed by atoms with Crippen molar-refractivity contribution in [3.05, 3.63) is 52.5 Å². The van der Waals surface area contributed by atoms with Gasteiger partial charge in [0.05, 0.1) is 24.0 Å². The van der Waals surface area contributed by atoms with Crippen LogP contribution in [0.25, 0.3) is 10.9 Å². The lowest BCUT2D eigenvalue weighted by molar-refractivity contribution is -0.121. The topological polar surface area (TPSA) is 117 Å². The van der Waals surface area contributed by atoms with E-state index in [1.165, 1.54) is 30.3 Å². The highest BCUT2D eigenvalue weighted by Gasteiger charge is 2.14. The molecule has 3 heterocycles. The van der Waals surface area contributed by atoms with Crippen LogP contribution in [0.2, 0.25) is 0 Å². The van der Waals surface area contributed by atoms with Gasteiger partial charge in [-0.1, -0.05) is 12.8 Å². The molecule has 3 aromatic rings. The Morgan fingerprint density at radius 3 is 2.90 bits per heavy atom. The number of anilines is 1. The molecule has 0 aliphatic heterocycles. The number of aromatic nitrogens is 4. The van der Waals surface area contributed by atoms with Crippen LogP contribution >= 0.6 is 0 Å². The predicted octanol–water partition coefficient (Wildman–Crippen LogP) is 1.69. The second-order valence-corrected chi connectivity index (χ2v) is 8.02. The Labute approximate surface area is 180 Å². The molecule has 9 nitrogen and oxygen atoms in total. The molecule has 0 spiro atoms. The second kappa shape index (κ2) is 9.74. The van der Waals surface area contributed by atoms with Crippen LogP contribution in [0.15, 0.2) is 35.5 Å². The van der Waals surface area contributed by atoms with Crippen LogP contribution in [0.5, 0.6) is 0 Å². The van der Waals surface area contributed by atoms with Gasteiger partial charge in [-0.15, -0.1) is 0 Å². The molecule has 0 radical (unpaired) electrons. The van der Waals surface area contributed by atoms with E-state index in [1.54, 1.807) is 19.3 Å². The summed E-state index contributed by atoms with van der Waals surface area (Å²) in [5.74, 6) is 0.0208. The van der Waals surface area contributed by atoms with Gasteiger partial charge in [-0.3, -0.25) is 19.1 Å². The number of rotatable bonds is 9. The van der Waals surface area contributed by atoms with Gasteiger partial charge in [-0.25, -0.2) is 4.98 Å². The van der Waals surface area contributed by atoms with Crippen molar-refractivity contribution in [1.82, 2.24) is 30.2 Å². The van der Waals surface area contributed by atoms with E-state index in [-0.39, 0.29) is 23.8 Å². The van der Waals surface area contributed by atoms with Crippen LogP contribution in [0, 0.1) is 6.92 Å². The van der Waals surface area contributed by atoms with Crippen LogP contribution in [-0.2, 0) is 17.9 Å². The average Bonchev–Trinajstić information content (AvgIpc) is 3.45. The highest BCUT2D eigenvalue weighted by atomic mass is 16.2. The monoisotopic (exact) mass is 423 g/mol. The van der Waals surface area contributed by atoms with Crippen LogP contribution in [0.3, 0.4) is 0 Å². The van der Waals surface area contributed by atoms with E-state index in [4.69, 9.17) is 0 Å². The average molecular weight is 424 g/mol. The minimum absolute atomic E-state index is 0.0609. The van der Waals surface area contributed by atoms with Crippen LogP contribution < -0.4 is 21.5 Å². The number of aryl methyl sites for hydroxylation is 1. The Morgan fingerprint density at radius 2 is 2.06 bits per heavy atom. The van der Waals surface area contributed by atoms with Crippen molar-refractivity contribution in [3.8, 4) is 0 Å². The van der Waals surface area contributed by atoms with Crippen molar-refractivity contribution in [2.75, 3.05) is 18.4 Å². The summed E-state index contributed by atoms with van der Waals surface area (Å²) in [6.07, 6.45) is 10.2. The van der Waals surface area contributed by atoms with Crippen molar-refractivity contribution in [2.45, 2.75) is 51.7 Å². The zero-order valence-corrected chi connectivity index (χ0v) is 17.8. The maximum Gasteiger partial charge on any atom is 0.293 e. The number of carbonyl (C=O) groups is 1. The van der Waals surface area contributed by atoms with Crippen LogP contribution in [-0.4, -0.2) is 44.6 Å². The third kappa shape index (κ3) is 5.29. The Hall–Kier alpha value is -3.20. The maximum atomic E-state index is 12.8. The molecule has 1 amide bonds. The van der Waals surface area contributed by atoms with Crippen molar-refractivity contribution < 1.29 is 4.79 Å². The molecular weight excluding hydrogens is 394 g/mol. The number of H-pyrrole nitrogens is 1. The van der Waals surface area contributed by atoms with Gasteiger partial charge in [0.1, 0.15) is 6.54 Å². The van der Waals surface area contributed by atoms with Crippen LogP contribution in [0.4, 0.5) is 5.82 Å². The molecule has 0 unspecified atom stereocenters. The third-order valence-corrected chi connectivity index (χ3v) is 5.72. The van der Waals surface area contributed by atoms with E-state index in [0.717, 1.165) is 23.1 Å². The molecule has 1 fully saturated rings. The molecule has 164 valence electrons. The fourth-order valence-corrected chi connectivity index (χ4v) is 3.96. The molecule has 0 atom stereocenters. The first-order valence-electron chi connectivity index (χ1n) is 10.8. The Morgan fingerprint density at radius 1 is 1.23 bits per heavy atom. The van der Waals surface area contributed by atoms with Crippen molar-refractivity contribution in [2.24, 2.45) is 0 Å². The number of hydrogen-bond acceptors (Lipinski definition) is 6. The molecule has 1 aliphatic carbocycles. The minimum atomic E-state index is -0.289. The number of nitrogens with zero attached hydrogens (tertiary/aromatic N) is 3. The smallest absolute Gasteiger partial charge is 0.293 e. The molecule has 4 N–H and O–H groups in total. The molecule has 0 bridgehead atoms. The number of hydrogen-bond donors (Lipinski definition) is 4. The van der Waals surface area contributed by atoms with Gasteiger partial charge >= 0.3 is 0 Å². The number of aromatic amines is 1. The summed E-state index contributed by atoms with van der Waals surface area (Å²) in [5, 5.41) is 10.5. The van der Waals surface area contributed by atoms with E-state index in [9.17, 15) is 9.59 Å². The SMILES string of the molecule is Cc1cnc(NCCNC2CCCC2)c(=O)n1CC(=O)NCc1cc2cc[nH]c2cn1. The Bertz CT molecular complexity index is 1100. The molecule has 1 saturated carbocycles. The highest BCUT2D eigenvalue weighted by Crippen LogP contribution is 2.17. The molecule has 0 aromatic carbocycles. The second-order valence-electron chi connectivity index (χ2n) is 8.02. The molecule has 0 saturated heterocycles. The Balaban J connectivity index is 1.31. The van der Waals surface area contributed by atoms with E-state index in [0.29, 0.717) is 24.8 Å². The number of nitrogens with one attached hydrogen (secondary N) is 4. The fraction of sp³-hybridized carbons (Fsp3) is 0.455. The first-order valence-corrected chi connectivity index (χ1v) is 10.8. The normalized spacial score (nSPS) is 14.2. The lowest BCUT2D eigenvalue weighted by Gasteiger charge is -2.14. The van der Waals surface area contributed by atoms with Gasteiger partial charge < -0.3 is 20.9 Å². The van der Waals surface area contributed by atoms with Gasteiger partial charge in [0.25, 0.3) is 5.56 Å². The highest BCUT2D eigenvalue weighted by molar-refractivity contribution is 5.79. The lowest BCUT2D eigenvalue weighted by Crippen LogP contribution is -2.36. The molecule has 1 aliphatic rings. The minimum Gasteiger partial charge on any atom is -0.364 e. The van der Waals surface area contributed by atoms with E-state index in [1.807, 2.05) is 18.3 Å². The standard InChI is InChI=1S/C22H29N7O2/c1-15-11-28-21(25-9-8-23-17-4-2-3-5-17)22(31)29(15)14-20(30)27-12-18-10-16-6-7-24-19(16)13-26-18/h6-7,10-11,13,17,23-24H,2-5,8-9,12,14H2,1H3,(H,25,28)(H,27,30). The summed E-state index contributed by atoms with van der Waals surface area (Å²) in [4.78, 5) is 36.9. The maximum absolute atomic E-state index is 12.8. The van der Waals surface area contributed by atoms with Gasteiger partial charge in [0.2, 0.25) is 5.91 Å². The zero-order valence-electron chi connectivity index (χ0n) is 17.8. The van der Waals surface area contributed by atoms with E-state index >= 15 is 0 Å². The number of fused-ring (bicyclic) bond motifs is 1. The third-order valence-electron chi connectivity index (χ3n) is 5.72. The summed E-state index contributed by atoms with van der Waals surface area (Å²) < 4.78 is 1.44. The zero-order chi connectivity index (χ0) is 21.6. The predicted molar refractivity (Wildman–Crippen MR) is 120 cm³/mol. The number of amides is 1. The lowest BCUT2D eigenvalue weighted by atomic mass is 10.2. The first-order chi connectivity index (χ1) is 15.1. The number of pyridine rings is 1. The first kappa shape index (κ1) is 21.0. The quantitative estimate of drug-likeness (QED) is 0.389. The summed E-state index contributed by atoms with van der Waals surface area (Å²) in [6, 6.07) is 4.47. The number of carbonyl (C=O) groups excluding carboxylic acids is 1. The molecule has 4 rings (SSSR count). The Kier molecular flexibility index (Phi) is 6.61. The van der Waals surface area contributed by atoms with Crippen molar-refractivity contribution in [3.63, 3.8) is 0 Å². The molecule has 31 heavy (non-hydrogen) atoms. The van der Waals surface area contributed by atoms with E-state index < -0.39 is 0 Å². The van der Waals surface area contributed by atoms with Gasteiger partial charge in [-0.05, 0) is 31.9 Å². The largest absolute Gasteiger partial charge is 0.364 e. The summed E-state index contributed by atoms with van der Waals surface area (Å²) in [5.41, 5.74) is 2.06. The van der Waals surface area contributed by atoms with E-state index in [2.05, 4.69) is 30.9 Å². The van der Waals surface area contributed by atoms with Gasteiger partial charge in [-0.2, -0.15) is 0 Å². The van der Waals surface area contributed by atoms with Crippen molar-refractivity contribution >= 4 is 22.6 Å². The summed E-state index contributed by atoms with van der Waals surface area (Å²) >= 11 is 0.